The quantitative estimate of drug-likeness (QED) is 0.747. The highest BCUT2D eigenvalue weighted by atomic mass is 35.5. The molecule has 2 aromatic rings. The van der Waals surface area contributed by atoms with E-state index in [1.165, 1.54) is 0 Å². The Morgan fingerprint density at radius 1 is 1.17 bits per heavy atom. The molecule has 4 nitrogen and oxygen atoms in total. The summed E-state index contributed by atoms with van der Waals surface area (Å²) in [6.07, 6.45) is 0.0901. The maximum Gasteiger partial charge on any atom is 0.254 e. The predicted octanol–water partition coefficient (Wildman–Crippen LogP) is 2.76. The molecule has 1 fully saturated rings. The van der Waals surface area contributed by atoms with E-state index < -0.39 is 6.10 Å². The fourth-order valence-corrected chi connectivity index (χ4v) is 3.54. The van der Waals surface area contributed by atoms with Crippen LogP contribution in [0.25, 0.3) is 11.1 Å². The van der Waals surface area contributed by atoms with E-state index in [1.54, 1.807) is 29.2 Å². The van der Waals surface area contributed by atoms with Crippen molar-refractivity contribution in [1.29, 1.82) is 0 Å². The minimum atomic E-state index is -0.484. The van der Waals surface area contributed by atoms with Gasteiger partial charge in [-0.25, -0.2) is 0 Å². The number of likely N-dealkylation sites (tertiary alicyclic amines) is 1. The molecule has 1 heterocycles. The first kappa shape index (κ1) is 14.4. The van der Waals surface area contributed by atoms with Crippen LogP contribution >= 0.6 is 11.6 Å². The zero-order valence-electron chi connectivity index (χ0n) is 12.3. The molecule has 0 radical (unpaired) electrons. The lowest BCUT2D eigenvalue weighted by atomic mass is 10.00. The number of hydrogen-bond donors (Lipinski definition) is 1. The van der Waals surface area contributed by atoms with Gasteiger partial charge in [-0.3, -0.25) is 9.59 Å². The molecule has 1 aliphatic heterocycles. The highest BCUT2D eigenvalue weighted by molar-refractivity contribution is 6.32. The minimum Gasteiger partial charge on any atom is -0.391 e. The summed E-state index contributed by atoms with van der Waals surface area (Å²) in [5, 5.41) is 10.1. The third-order valence-corrected chi connectivity index (χ3v) is 4.72. The highest BCUT2D eigenvalue weighted by Crippen LogP contribution is 2.39. The Hall–Kier alpha value is -2.17. The Bertz CT molecular complexity index is 846. The van der Waals surface area contributed by atoms with Gasteiger partial charge in [0, 0.05) is 29.2 Å². The normalized spacial score (nSPS) is 19.0. The van der Waals surface area contributed by atoms with Crippen LogP contribution in [0.15, 0.2) is 36.4 Å². The van der Waals surface area contributed by atoms with E-state index in [0.29, 0.717) is 41.2 Å². The van der Waals surface area contributed by atoms with Gasteiger partial charge in [-0.1, -0.05) is 29.8 Å². The van der Waals surface area contributed by atoms with Crippen molar-refractivity contribution in [3.05, 3.63) is 58.1 Å². The molecule has 1 saturated heterocycles. The van der Waals surface area contributed by atoms with Crippen LogP contribution in [0.4, 0.5) is 0 Å². The average Bonchev–Trinajstić information content (AvgIpc) is 3.09. The van der Waals surface area contributed by atoms with Crippen molar-refractivity contribution < 1.29 is 14.7 Å². The lowest BCUT2D eigenvalue weighted by Crippen LogP contribution is -2.30. The van der Waals surface area contributed by atoms with E-state index in [-0.39, 0.29) is 11.7 Å². The Labute approximate surface area is 138 Å². The molecule has 0 bridgehead atoms. The standard InChI is InChI=1S/C18H14ClNO3/c19-10-4-5-12-13-2-1-3-14(16(13)17(22)15(12)8-10)18(23)20-7-6-11(21)9-20/h1-5,8,11,21H,6-7,9H2/t11-/m0/s1. The molecular formula is C18H14ClNO3. The molecule has 116 valence electrons. The third-order valence-electron chi connectivity index (χ3n) is 4.49. The van der Waals surface area contributed by atoms with E-state index in [9.17, 15) is 14.7 Å². The molecule has 4 rings (SSSR count). The second-order valence-electron chi connectivity index (χ2n) is 5.94. The Balaban J connectivity index is 1.82. The number of rotatable bonds is 1. The van der Waals surface area contributed by atoms with Crippen molar-refractivity contribution in [1.82, 2.24) is 4.90 Å². The van der Waals surface area contributed by atoms with Crippen molar-refractivity contribution in [3.8, 4) is 11.1 Å². The molecule has 23 heavy (non-hydrogen) atoms. The summed E-state index contributed by atoms with van der Waals surface area (Å²) < 4.78 is 0. The number of ketones is 1. The Morgan fingerprint density at radius 3 is 2.74 bits per heavy atom. The summed E-state index contributed by atoms with van der Waals surface area (Å²) in [6, 6.07) is 10.5. The van der Waals surface area contributed by atoms with Crippen LogP contribution < -0.4 is 0 Å². The monoisotopic (exact) mass is 327 g/mol. The van der Waals surface area contributed by atoms with Crippen LogP contribution in [0.3, 0.4) is 0 Å². The molecule has 1 N–H and O–H groups in total. The van der Waals surface area contributed by atoms with Crippen LogP contribution in [-0.2, 0) is 0 Å². The number of halogens is 1. The second-order valence-corrected chi connectivity index (χ2v) is 6.38. The number of benzene rings is 2. The summed E-state index contributed by atoms with van der Waals surface area (Å²) in [6.45, 7) is 0.825. The zero-order chi connectivity index (χ0) is 16.1. The highest BCUT2D eigenvalue weighted by Gasteiger charge is 2.34. The summed E-state index contributed by atoms with van der Waals surface area (Å²) >= 11 is 6.00. The summed E-state index contributed by atoms with van der Waals surface area (Å²) in [4.78, 5) is 27.1. The van der Waals surface area contributed by atoms with Crippen molar-refractivity contribution >= 4 is 23.3 Å². The molecule has 1 aliphatic carbocycles. The van der Waals surface area contributed by atoms with Crippen molar-refractivity contribution in [3.63, 3.8) is 0 Å². The lowest BCUT2D eigenvalue weighted by molar-refractivity contribution is 0.0761. The summed E-state index contributed by atoms with van der Waals surface area (Å²) in [7, 11) is 0. The van der Waals surface area contributed by atoms with Gasteiger partial charge in [0.2, 0.25) is 0 Å². The minimum absolute atomic E-state index is 0.166. The number of amides is 1. The number of β-amino-alcohol motifs (C(OH)–C–C–N with tert-alkyl or cyclic N) is 1. The van der Waals surface area contributed by atoms with Crippen LogP contribution in [0, 0.1) is 0 Å². The van der Waals surface area contributed by atoms with Crippen LogP contribution in [0.1, 0.15) is 32.7 Å². The van der Waals surface area contributed by atoms with E-state index in [1.807, 2.05) is 12.1 Å². The molecule has 5 heteroatoms. The van der Waals surface area contributed by atoms with Gasteiger partial charge < -0.3 is 10.0 Å². The van der Waals surface area contributed by atoms with Gasteiger partial charge in [0.1, 0.15) is 0 Å². The van der Waals surface area contributed by atoms with Crippen LogP contribution in [0.2, 0.25) is 5.02 Å². The van der Waals surface area contributed by atoms with E-state index in [4.69, 9.17) is 11.6 Å². The molecule has 0 spiro atoms. The van der Waals surface area contributed by atoms with Gasteiger partial charge in [0.05, 0.1) is 11.7 Å². The second kappa shape index (κ2) is 5.18. The predicted molar refractivity (Wildman–Crippen MR) is 86.8 cm³/mol. The first-order chi connectivity index (χ1) is 11.1. The number of carbonyl (C=O) groups is 2. The number of carbonyl (C=O) groups excluding carboxylic acids is 2. The van der Waals surface area contributed by atoms with Gasteiger partial charge >= 0.3 is 0 Å². The Kier molecular flexibility index (Phi) is 3.25. The summed E-state index contributed by atoms with van der Waals surface area (Å²) in [5.41, 5.74) is 2.96. The molecule has 0 aromatic heterocycles. The van der Waals surface area contributed by atoms with E-state index >= 15 is 0 Å². The summed E-state index contributed by atoms with van der Waals surface area (Å²) in [5.74, 6) is -0.369. The van der Waals surface area contributed by atoms with Gasteiger partial charge in [0.25, 0.3) is 5.91 Å². The lowest BCUT2D eigenvalue weighted by Gasteiger charge is -2.17. The molecule has 2 aliphatic rings. The van der Waals surface area contributed by atoms with Crippen LogP contribution in [0.5, 0.6) is 0 Å². The number of aliphatic hydroxyl groups is 1. The molecule has 2 aromatic carbocycles. The molecule has 1 amide bonds. The number of fused-ring (bicyclic) bond motifs is 3. The van der Waals surface area contributed by atoms with Crippen molar-refractivity contribution in [2.45, 2.75) is 12.5 Å². The van der Waals surface area contributed by atoms with Crippen LogP contribution in [-0.4, -0.2) is 40.9 Å². The van der Waals surface area contributed by atoms with E-state index in [2.05, 4.69) is 0 Å². The maximum atomic E-state index is 12.8. The first-order valence-electron chi connectivity index (χ1n) is 7.51. The Morgan fingerprint density at radius 2 is 2.00 bits per heavy atom. The SMILES string of the molecule is O=C1c2cc(Cl)ccc2-c2cccc(C(=O)N3CC[C@H](O)C3)c21. The van der Waals surface area contributed by atoms with Crippen molar-refractivity contribution in [2.24, 2.45) is 0 Å². The number of hydrogen-bond acceptors (Lipinski definition) is 3. The van der Waals surface area contributed by atoms with Crippen molar-refractivity contribution in [2.75, 3.05) is 13.1 Å². The zero-order valence-corrected chi connectivity index (χ0v) is 13.0. The fraction of sp³-hybridized carbons (Fsp3) is 0.222. The largest absolute Gasteiger partial charge is 0.391 e. The number of nitrogens with zero attached hydrogens (tertiary/aromatic N) is 1. The van der Waals surface area contributed by atoms with E-state index in [0.717, 1.165) is 11.1 Å². The van der Waals surface area contributed by atoms with Gasteiger partial charge in [-0.2, -0.15) is 0 Å². The molecule has 0 saturated carbocycles. The fourth-order valence-electron chi connectivity index (χ4n) is 3.37. The smallest absolute Gasteiger partial charge is 0.254 e. The first-order valence-corrected chi connectivity index (χ1v) is 7.89. The molecule has 1 atom stereocenters. The van der Waals surface area contributed by atoms with Gasteiger partial charge in [-0.15, -0.1) is 0 Å². The third kappa shape index (κ3) is 2.18. The molecular weight excluding hydrogens is 314 g/mol. The van der Waals surface area contributed by atoms with Gasteiger partial charge in [-0.05, 0) is 35.7 Å². The van der Waals surface area contributed by atoms with Gasteiger partial charge in [0.15, 0.2) is 5.78 Å². The average molecular weight is 328 g/mol. The topological polar surface area (TPSA) is 57.6 Å². The molecule has 0 unspecified atom stereocenters. The number of aliphatic hydroxyl groups excluding tert-OH is 1. The maximum absolute atomic E-state index is 12.8.